The Hall–Kier alpha value is -1.34. The van der Waals surface area contributed by atoms with E-state index in [2.05, 4.69) is 34.8 Å². The molecule has 0 saturated heterocycles. The van der Waals surface area contributed by atoms with Crippen LogP contribution in [0.15, 0.2) is 12.4 Å². The summed E-state index contributed by atoms with van der Waals surface area (Å²) in [6.45, 7) is 5.03. The van der Waals surface area contributed by atoms with Crippen molar-refractivity contribution in [1.82, 2.24) is 14.9 Å². The van der Waals surface area contributed by atoms with Crippen molar-refractivity contribution in [3.63, 3.8) is 0 Å². The van der Waals surface area contributed by atoms with Gasteiger partial charge >= 0.3 is 0 Å². The second kappa shape index (κ2) is 4.89. The van der Waals surface area contributed by atoms with Crippen molar-refractivity contribution in [2.45, 2.75) is 51.1 Å². The Morgan fingerprint density at radius 3 is 3.12 bits per heavy atom. The van der Waals surface area contributed by atoms with Crippen LogP contribution in [-0.4, -0.2) is 21.6 Å². The predicted molar refractivity (Wildman–Crippen MR) is 66.5 cm³/mol. The molecule has 0 spiro atoms. The minimum Gasteiger partial charge on any atom is -0.332 e. The number of hydrogen-bond acceptors (Lipinski definition) is 3. The first-order valence-electron chi connectivity index (χ1n) is 6.42. The van der Waals surface area contributed by atoms with Crippen LogP contribution in [-0.2, 0) is 6.42 Å². The van der Waals surface area contributed by atoms with Crippen molar-refractivity contribution in [3.8, 4) is 6.07 Å². The second-order valence-corrected chi connectivity index (χ2v) is 4.73. The maximum atomic E-state index is 9.35. The van der Waals surface area contributed by atoms with E-state index in [0.29, 0.717) is 6.04 Å². The summed E-state index contributed by atoms with van der Waals surface area (Å²) in [6.07, 6.45) is 7.74. The van der Waals surface area contributed by atoms with Gasteiger partial charge in [0.25, 0.3) is 0 Å². The molecule has 4 heteroatoms. The Bertz CT molecular complexity index is 417. The number of rotatable bonds is 4. The number of hydrogen-bond donors (Lipinski definition) is 1. The van der Waals surface area contributed by atoms with Gasteiger partial charge in [0, 0.05) is 24.9 Å². The Morgan fingerprint density at radius 2 is 2.47 bits per heavy atom. The average Bonchev–Trinajstić information content (AvgIpc) is 2.95. The fourth-order valence-electron chi connectivity index (χ4n) is 2.85. The molecule has 1 aliphatic rings. The summed E-state index contributed by atoms with van der Waals surface area (Å²) in [5.74, 6) is 1.13. The molecule has 2 atom stereocenters. The van der Waals surface area contributed by atoms with Crippen molar-refractivity contribution in [3.05, 3.63) is 18.2 Å². The Balaban J connectivity index is 2.15. The SMILES string of the molecule is CCNC1(C#N)CCC(n2ccnc2CC)C1. The highest BCUT2D eigenvalue weighted by atomic mass is 15.1. The molecule has 92 valence electrons. The Kier molecular flexibility index (Phi) is 3.49. The van der Waals surface area contributed by atoms with Gasteiger partial charge in [0.1, 0.15) is 11.4 Å². The molecule has 1 aromatic rings. The van der Waals surface area contributed by atoms with Crippen LogP contribution in [0.4, 0.5) is 0 Å². The van der Waals surface area contributed by atoms with Gasteiger partial charge in [-0.2, -0.15) is 5.26 Å². The van der Waals surface area contributed by atoms with Crippen LogP contribution < -0.4 is 5.32 Å². The van der Waals surface area contributed by atoms with Gasteiger partial charge in [-0.15, -0.1) is 0 Å². The summed E-state index contributed by atoms with van der Waals surface area (Å²) >= 11 is 0. The lowest BCUT2D eigenvalue weighted by molar-refractivity contribution is 0.405. The van der Waals surface area contributed by atoms with Crippen LogP contribution in [0.25, 0.3) is 0 Å². The molecule has 1 fully saturated rings. The van der Waals surface area contributed by atoms with Gasteiger partial charge in [0.05, 0.1) is 6.07 Å². The molecule has 0 radical (unpaired) electrons. The summed E-state index contributed by atoms with van der Waals surface area (Å²) < 4.78 is 2.25. The van der Waals surface area contributed by atoms with Gasteiger partial charge in [-0.05, 0) is 25.8 Å². The third-order valence-electron chi connectivity index (χ3n) is 3.68. The van der Waals surface area contributed by atoms with Gasteiger partial charge in [0.2, 0.25) is 0 Å². The number of nitrogens with one attached hydrogen (secondary N) is 1. The Morgan fingerprint density at radius 1 is 1.65 bits per heavy atom. The highest BCUT2D eigenvalue weighted by Gasteiger charge is 2.39. The average molecular weight is 232 g/mol. The molecule has 0 bridgehead atoms. The molecule has 1 aromatic heterocycles. The maximum Gasteiger partial charge on any atom is 0.108 e. The number of imidazole rings is 1. The van der Waals surface area contributed by atoms with E-state index < -0.39 is 0 Å². The van der Waals surface area contributed by atoms with E-state index in [1.165, 1.54) is 0 Å². The van der Waals surface area contributed by atoms with Crippen LogP contribution >= 0.6 is 0 Å². The van der Waals surface area contributed by atoms with E-state index in [1.807, 2.05) is 12.4 Å². The molecular formula is C13H20N4. The number of aryl methyl sites for hydroxylation is 1. The molecule has 0 aliphatic heterocycles. The molecular weight excluding hydrogens is 212 g/mol. The first-order chi connectivity index (χ1) is 8.24. The van der Waals surface area contributed by atoms with Crippen LogP contribution in [0.5, 0.6) is 0 Å². The van der Waals surface area contributed by atoms with Crippen molar-refractivity contribution in [2.24, 2.45) is 0 Å². The molecule has 2 unspecified atom stereocenters. The second-order valence-electron chi connectivity index (χ2n) is 4.73. The van der Waals surface area contributed by atoms with Gasteiger partial charge < -0.3 is 4.57 Å². The van der Waals surface area contributed by atoms with E-state index in [1.54, 1.807) is 0 Å². The number of nitriles is 1. The van der Waals surface area contributed by atoms with Crippen LogP contribution in [0.3, 0.4) is 0 Å². The molecule has 4 nitrogen and oxygen atoms in total. The first kappa shape index (κ1) is 12.1. The fraction of sp³-hybridized carbons (Fsp3) is 0.692. The van der Waals surface area contributed by atoms with E-state index in [9.17, 15) is 5.26 Å². The lowest BCUT2D eigenvalue weighted by Crippen LogP contribution is -2.41. The van der Waals surface area contributed by atoms with E-state index in [-0.39, 0.29) is 5.54 Å². The lowest BCUT2D eigenvalue weighted by Gasteiger charge is -2.22. The monoisotopic (exact) mass is 232 g/mol. The summed E-state index contributed by atoms with van der Waals surface area (Å²) in [6, 6.07) is 2.89. The van der Waals surface area contributed by atoms with Crippen molar-refractivity contribution in [1.29, 1.82) is 5.26 Å². The van der Waals surface area contributed by atoms with E-state index >= 15 is 0 Å². The van der Waals surface area contributed by atoms with Crippen LogP contribution in [0, 0.1) is 11.3 Å². The van der Waals surface area contributed by atoms with Crippen LogP contribution in [0.2, 0.25) is 0 Å². The quantitative estimate of drug-likeness (QED) is 0.864. The normalized spacial score (nSPS) is 28.2. The third-order valence-corrected chi connectivity index (χ3v) is 3.68. The zero-order chi connectivity index (χ0) is 12.3. The maximum absolute atomic E-state index is 9.35. The van der Waals surface area contributed by atoms with Gasteiger partial charge in [-0.3, -0.25) is 5.32 Å². The number of nitrogens with zero attached hydrogens (tertiary/aromatic N) is 3. The topological polar surface area (TPSA) is 53.6 Å². The molecule has 1 heterocycles. The molecule has 0 aromatic carbocycles. The largest absolute Gasteiger partial charge is 0.332 e. The van der Waals surface area contributed by atoms with Crippen molar-refractivity contribution >= 4 is 0 Å². The molecule has 1 aliphatic carbocycles. The highest BCUT2D eigenvalue weighted by molar-refractivity contribution is 5.13. The molecule has 1 N–H and O–H groups in total. The number of aromatic nitrogens is 2. The van der Waals surface area contributed by atoms with Crippen molar-refractivity contribution in [2.75, 3.05) is 6.54 Å². The smallest absolute Gasteiger partial charge is 0.108 e. The minimum atomic E-state index is -0.325. The first-order valence-corrected chi connectivity index (χ1v) is 6.42. The highest BCUT2D eigenvalue weighted by Crippen LogP contribution is 2.37. The molecule has 17 heavy (non-hydrogen) atoms. The summed E-state index contributed by atoms with van der Waals surface area (Å²) in [7, 11) is 0. The summed E-state index contributed by atoms with van der Waals surface area (Å²) in [5, 5.41) is 12.7. The van der Waals surface area contributed by atoms with Gasteiger partial charge in [-0.25, -0.2) is 4.98 Å². The standard InChI is InChI=1S/C13H20N4/c1-3-12-15-7-8-17(12)11-5-6-13(9-11,10-14)16-4-2/h7-8,11,16H,3-6,9H2,1-2H3. The zero-order valence-electron chi connectivity index (χ0n) is 10.6. The minimum absolute atomic E-state index is 0.325. The zero-order valence-corrected chi connectivity index (χ0v) is 10.6. The van der Waals surface area contributed by atoms with Gasteiger partial charge in [0.15, 0.2) is 0 Å². The van der Waals surface area contributed by atoms with Crippen LogP contribution in [0.1, 0.15) is 45.0 Å². The lowest BCUT2D eigenvalue weighted by atomic mass is 9.99. The summed E-state index contributed by atoms with van der Waals surface area (Å²) in [4.78, 5) is 4.36. The fourth-order valence-corrected chi connectivity index (χ4v) is 2.85. The molecule has 0 amide bonds. The van der Waals surface area contributed by atoms with E-state index in [4.69, 9.17) is 0 Å². The predicted octanol–water partition coefficient (Wildman–Crippen LogP) is 2.04. The molecule has 2 rings (SSSR count). The Labute approximate surface area is 103 Å². The third kappa shape index (κ3) is 2.20. The molecule has 1 saturated carbocycles. The van der Waals surface area contributed by atoms with E-state index in [0.717, 1.165) is 38.1 Å². The van der Waals surface area contributed by atoms with Gasteiger partial charge in [-0.1, -0.05) is 13.8 Å². The van der Waals surface area contributed by atoms with Crippen molar-refractivity contribution < 1.29 is 0 Å². The summed E-state index contributed by atoms with van der Waals surface area (Å²) in [5.41, 5.74) is -0.325.